The van der Waals surface area contributed by atoms with E-state index >= 15 is 0 Å². The third-order valence-electron chi connectivity index (χ3n) is 3.23. The van der Waals surface area contributed by atoms with Crippen molar-refractivity contribution in [2.45, 2.75) is 31.7 Å². The zero-order chi connectivity index (χ0) is 10.7. The molecule has 0 bridgehead atoms. The summed E-state index contributed by atoms with van der Waals surface area (Å²) in [6.45, 7) is 3.40. The molecule has 1 N–H and O–H groups in total. The Morgan fingerprint density at radius 3 is 2.93 bits per heavy atom. The average molecular weight is 212 g/mol. The fourth-order valence-corrected chi connectivity index (χ4v) is 2.23. The maximum Gasteiger partial charge on any atom is 0.407 e. The van der Waals surface area contributed by atoms with Gasteiger partial charge in [0.1, 0.15) is 0 Å². The Hall–Kier alpha value is -0.770. The third-order valence-corrected chi connectivity index (χ3v) is 3.23. The van der Waals surface area contributed by atoms with Crippen LogP contribution in [0.25, 0.3) is 0 Å². The molecule has 1 saturated carbocycles. The summed E-state index contributed by atoms with van der Waals surface area (Å²) in [5, 5.41) is 2.89. The molecule has 0 aromatic rings. The minimum atomic E-state index is -0.298. The molecule has 0 spiro atoms. The molecule has 1 aliphatic heterocycles. The van der Waals surface area contributed by atoms with E-state index in [9.17, 15) is 4.79 Å². The summed E-state index contributed by atoms with van der Waals surface area (Å²) >= 11 is 0. The molecule has 1 amide bonds. The molecular weight excluding hydrogens is 192 g/mol. The molecule has 1 saturated heterocycles. The van der Waals surface area contributed by atoms with Gasteiger partial charge in [0.25, 0.3) is 0 Å². The summed E-state index contributed by atoms with van der Waals surface area (Å²) in [4.78, 5) is 13.5. The molecule has 2 fully saturated rings. The number of carbonyl (C=O) groups is 1. The van der Waals surface area contributed by atoms with Crippen LogP contribution >= 0.6 is 0 Å². The number of nitrogens with one attached hydrogen (secondary N) is 1. The van der Waals surface area contributed by atoms with Gasteiger partial charge in [0.15, 0.2) is 0 Å². The molecule has 4 nitrogen and oxygen atoms in total. The van der Waals surface area contributed by atoms with E-state index in [2.05, 4.69) is 15.0 Å². The van der Waals surface area contributed by atoms with Crippen molar-refractivity contribution in [2.75, 3.05) is 26.7 Å². The van der Waals surface area contributed by atoms with Gasteiger partial charge in [-0.25, -0.2) is 4.79 Å². The molecule has 1 heterocycles. The van der Waals surface area contributed by atoms with E-state index < -0.39 is 0 Å². The summed E-state index contributed by atoms with van der Waals surface area (Å²) in [6.07, 6.45) is 4.75. The van der Waals surface area contributed by atoms with Crippen molar-refractivity contribution in [3.8, 4) is 0 Å². The second kappa shape index (κ2) is 4.84. The first kappa shape index (κ1) is 10.7. The van der Waals surface area contributed by atoms with Gasteiger partial charge < -0.3 is 15.0 Å². The van der Waals surface area contributed by atoms with Crippen LogP contribution in [0, 0.1) is 5.92 Å². The van der Waals surface area contributed by atoms with Crippen molar-refractivity contribution in [3.63, 3.8) is 0 Å². The van der Waals surface area contributed by atoms with E-state index in [1.807, 2.05) is 0 Å². The molecule has 4 heteroatoms. The Kier molecular flexibility index (Phi) is 3.46. The van der Waals surface area contributed by atoms with Gasteiger partial charge in [0.2, 0.25) is 0 Å². The number of nitrogens with zero attached hydrogens (tertiary/aromatic N) is 1. The van der Waals surface area contributed by atoms with Crippen LogP contribution in [0.2, 0.25) is 0 Å². The van der Waals surface area contributed by atoms with Crippen LogP contribution in [0.5, 0.6) is 0 Å². The Morgan fingerprint density at radius 2 is 2.27 bits per heavy atom. The number of piperidine rings is 1. The lowest BCUT2D eigenvalue weighted by molar-refractivity contribution is 0.146. The van der Waals surface area contributed by atoms with E-state index in [1.165, 1.54) is 39.5 Å². The number of hydrogen-bond donors (Lipinski definition) is 1. The molecule has 2 aliphatic rings. The van der Waals surface area contributed by atoms with Crippen molar-refractivity contribution in [1.82, 2.24) is 10.2 Å². The number of amides is 1. The molecule has 1 unspecified atom stereocenters. The van der Waals surface area contributed by atoms with E-state index in [0.717, 1.165) is 18.9 Å². The lowest BCUT2D eigenvalue weighted by Gasteiger charge is -2.32. The summed E-state index contributed by atoms with van der Waals surface area (Å²) in [6, 6.07) is 0.282. The lowest BCUT2D eigenvalue weighted by atomic mass is 10.1. The maximum atomic E-state index is 11.1. The monoisotopic (exact) mass is 212 g/mol. The second-order valence-corrected chi connectivity index (χ2v) is 4.68. The summed E-state index contributed by atoms with van der Waals surface area (Å²) < 4.78 is 4.61. The van der Waals surface area contributed by atoms with Crippen LogP contribution in [0.1, 0.15) is 25.7 Å². The smallest absolute Gasteiger partial charge is 0.407 e. The quantitative estimate of drug-likeness (QED) is 0.764. The van der Waals surface area contributed by atoms with Crippen molar-refractivity contribution < 1.29 is 9.53 Å². The number of carbonyl (C=O) groups excluding carboxylic acids is 1. The zero-order valence-corrected chi connectivity index (χ0v) is 9.37. The molecule has 1 aliphatic carbocycles. The topological polar surface area (TPSA) is 41.6 Å². The van der Waals surface area contributed by atoms with E-state index in [-0.39, 0.29) is 12.1 Å². The summed E-state index contributed by atoms with van der Waals surface area (Å²) in [7, 11) is 1.42. The van der Waals surface area contributed by atoms with Crippen LogP contribution < -0.4 is 5.32 Å². The first-order valence-electron chi connectivity index (χ1n) is 5.85. The number of likely N-dealkylation sites (tertiary alicyclic amines) is 1. The maximum absolute atomic E-state index is 11.1. The van der Waals surface area contributed by atoms with E-state index in [0.29, 0.717) is 0 Å². The van der Waals surface area contributed by atoms with Crippen LogP contribution in [-0.4, -0.2) is 43.8 Å². The lowest BCUT2D eigenvalue weighted by Crippen LogP contribution is -2.48. The summed E-state index contributed by atoms with van der Waals surface area (Å²) in [5.74, 6) is 0.932. The first-order valence-corrected chi connectivity index (χ1v) is 5.85. The minimum absolute atomic E-state index is 0.282. The normalized spacial score (nSPS) is 27.4. The van der Waals surface area contributed by atoms with Gasteiger partial charge in [-0.05, 0) is 38.1 Å². The first-order chi connectivity index (χ1) is 7.28. The Balaban J connectivity index is 1.73. The van der Waals surface area contributed by atoms with Crippen molar-refractivity contribution >= 4 is 6.09 Å². The van der Waals surface area contributed by atoms with Gasteiger partial charge in [-0.15, -0.1) is 0 Å². The fraction of sp³-hybridized carbons (Fsp3) is 0.909. The minimum Gasteiger partial charge on any atom is -0.453 e. The molecule has 0 radical (unpaired) electrons. The molecule has 0 aromatic carbocycles. The highest BCUT2D eigenvalue weighted by molar-refractivity contribution is 5.67. The largest absolute Gasteiger partial charge is 0.453 e. The van der Waals surface area contributed by atoms with Crippen molar-refractivity contribution in [3.05, 3.63) is 0 Å². The van der Waals surface area contributed by atoms with Gasteiger partial charge in [0, 0.05) is 19.1 Å². The third kappa shape index (κ3) is 3.38. The van der Waals surface area contributed by atoms with Gasteiger partial charge >= 0.3 is 6.09 Å². The Bertz CT molecular complexity index is 229. The predicted molar refractivity (Wildman–Crippen MR) is 57.7 cm³/mol. The van der Waals surface area contributed by atoms with E-state index in [1.54, 1.807) is 0 Å². The van der Waals surface area contributed by atoms with Gasteiger partial charge in [-0.1, -0.05) is 0 Å². The number of alkyl carbamates (subject to hydrolysis) is 1. The molecule has 15 heavy (non-hydrogen) atoms. The van der Waals surface area contributed by atoms with E-state index in [4.69, 9.17) is 0 Å². The van der Waals surface area contributed by atoms with Crippen molar-refractivity contribution in [2.24, 2.45) is 5.92 Å². The molecule has 86 valence electrons. The number of methoxy groups -OCH3 is 1. The molecule has 1 atom stereocenters. The van der Waals surface area contributed by atoms with Crippen molar-refractivity contribution in [1.29, 1.82) is 0 Å². The summed E-state index contributed by atoms with van der Waals surface area (Å²) in [5.41, 5.74) is 0. The van der Waals surface area contributed by atoms with Gasteiger partial charge in [-0.3, -0.25) is 0 Å². The molecular formula is C11H20N2O2. The highest BCUT2D eigenvalue weighted by Crippen LogP contribution is 2.30. The average Bonchev–Trinajstić information content (AvgIpc) is 3.02. The van der Waals surface area contributed by atoms with Gasteiger partial charge in [0.05, 0.1) is 7.11 Å². The van der Waals surface area contributed by atoms with Gasteiger partial charge in [-0.2, -0.15) is 0 Å². The number of ether oxygens (including phenoxy) is 1. The predicted octanol–water partition coefficient (Wildman–Crippen LogP) is 1.22. The Labute approximate surface area is 91.0 Å². The fourth-order valence-electron chi connectivity index (χ4n) is 2.23. The zero-order valence-electron chi connectivity index (χ0n) is 9.37. The van der Waals surface area contributed by atoms with Crippen LogP contribution in [-0.2, 0) is 4.74 Å². The SMILES string of the molecule is COC(=O)NC1CCCN(CC2CC2)C1. The highest BCUT2D eigenvalue weighted by Gasteiger charge is 2.28. The molecule has 0 aromatic heterocycles. The number of rotatable bonds is 3. The standard InChI is InChI=1S/C11H20N2O2/c1-15-11(14)12-10-3-2-6-13(8-10)7-9-4-5-9/h9-10H,2-8H2,1H3,(H,12,14). The van der Waals surface area contributed by atoms with Crippen LogP contribution in [0.15, 0.2) is 0 Å². The number of hydrogen-bond acceptors (Lipinski definition) is 3. The second-order valence-electron chi connectivity index (χ2n) is 4.68. The van der Waals surface area contributed by atoms with Crippen LogP contribution in [0.4, 0.5) is 4.79 Å². The highest BCUT2D eigenvalue weighted by atomic mass is 16.5. The van der Waals surface area contributed by atoms with Crippen LogP contribution in [0.3, 0.4) is 0 Å². The Morgan fingerprint density at radius 1 is 1.47 bits per heavy atom. The molecule has 2 rings (SSSR count).